The highest BCUT2D eigenvalue weighted by Crippen LogP contribution is 2.48. The van der Waals surface area contributed by atoms with Crippen molar-refractivity contribution in [3.8, 4) is 0 Å². The Bertz CT molecular complexity index is 1170. The minimum atomic E-state index is -1.02. The molecule has 2 aliphatic rings. The molecule has 0 N–H and O–H groups in total. The van der Waals surface area contributed by atoms with Gasteiger partial charge in [-0.15, -0.1) is 0 Å². The Hall–Kier alpha value is -2.60. The number of hydrogen-bond acceptors (Lipinski definition) is 5. The third-order valence-electron chi connectivity index (χ3n) is 7.77. The van der Waals surface area contributed by atoms with E-state index < -0.39 is 28.6 Å². The summed E-state index contributed by atoms with van der Waals surface area (Å²) in [6, 6.07) is 7.49. The van der Waals surface area contributed by atoms with Crippen molar-refractivity contribution in [1.82, 2.24) is 9.78 Å². The van der Waals surface area contributed by atoms with Gasteiger partial charge in [0.05, 0.1) is 24.1 Å². The van der Waals surface area contributed by atoms with E-state index in [1.54, 1.807) is 4.68 Å². The van der Waals surface area contributed by atoms with E-state index in [0.29, 0.717) is 22.8 Å². The van der Waals surface area contributed by atoms with Crippen molar-refractivity contribution < 1.29 is 19.2 Å². The van der Waals surface area contributed by atoms with Crippen molar-refractivity contribution in [2.24, 2.45) is 22.7 Å². The number of carbonyl (C=O) groups is 4. The molecule has 7 heteroatoms. The maximum atomic E-state index is 13.5. The number of Topliss-reactive ketones (excluding diaryl/α,β-unsaturated/α-hetero) is 4. The van der Waals surface area contributed by atoms with Crippen LogP contribution in [0.1, 0.15) is 81.8 Å². The summed E-state index contributed by atoms with van der Waals surface area (Å²) in [5.74, 6) is -3.64. The van der Waals surface area contributed by atoms with Gasteiger partial charge in [-0.1, -0.05) is 57.5 Å². The third-order valence-corrected chi connectivity index (χ3v) is 8.13. The van der Waals surface area contributed by atoms with Gasteiger partial charge in [-0.2, -0.15) is 5.10 Å². The van der Waals surface area contributed by atoms with Gasteiger partial charge in [0.15, 0.2) is 0 Å². The van der Waals surface area contributed by atoms with E-state index in [4.69, 9.17) is 16.7 Å². The third kappa shape index (κ3) is 4.97. The topological polar surface area (TPSA) is 86.1 Å². The SMILES string of the molecule is Cc1nn(Cc2ccccc2Cl)c(C)c1C(C1C(=O)CC(C)(C)CC1=O)C1C(=O)CC(C)(C)CC1=O. The van der Waals surface area contributed by atoms with Gasteiger partial charge in [-0.25, -0.2) is 0 Å². The standard InChI is InChI=1S/C29H35ClN2O4/c1-16-24(17(2)32(31-16)15-18-9-7-8-10-19(18)30)27(25-20(33)11-28(3,4)12-21(25)34)26-22(35)13-29(5,6)14-23(26)36/h7-10,25-27H,11-15H2,1-6H3. The van der Waals surface area contributed by atoms with Crippen LogP contribution in [0, 0.1) is 36.5 Å². The summed E-state index contributed by atoms with van der Waals surface area (Å²) in [6.45, 7) is 11.7. The molecule has 0 saturated heterocycles. The van der Waals surface area contributed by atoms with Gasteiger partial charge in [0.25, 0.3) is 0 Å². The Morgan fingerprint density at radius 2 is 1.31 bits per heavy atom. The fourth-order valence-corrected chi connectivity index (χ4v) is 6.47. The molecule has 6 nitrogen and oxygen atoms in total. The van der Waals surface area contributed by atoms with E-state index in [-0.39, 0.29) is 48.8 Å². The second-order valence-corrected chi connectivity index (χ2v) is 12.6. The Balaban J connectivity index is 1.84. The highest BCUT2D eigenvalue weighted by molar-refractivity contribution is 6.31. The van der Waals surface area contributed by atoms with Gasteiger partial charge in [-0.3, -0.25) is 23.9 Å². The number of halogens is 1. The number of rotatable bonds is 5. The summed E-state index contributed by atoms with van der Waals surface area (Å²) >= 11 is 6.39. The first kappa shape index (κ1) is 26.5. The van der Waals surface area contributed by atoms with Gasteiger partial charge < -0.3 is 0 Å². The number of aromatic nitrogens is 2. The Morgan fingerprint density at radius 3 is 1.75 bits per heavy atom. The lowest BCUT2D eigenvalue weighted by Crippen LogP contribution is -2.48. The smallest absolute Gasteiger partial charge is 0.144 e. The van der Waals surface area contributed by atoms with Crippen molar-refractivity contribution in [3.63, 3.8) is 0 Å². The van der Waals surface area contributed by atoms with Crippen LogP contribution in [-0.4, -0.2) is 32.9 Å². The molecule has 2 fully saturated rings. The molecule has 0 bridgehead atoms. The summed E-state index contributed by atoms with van der Waals surface area (Å²) in [7, 11) is 0. The van der Waals surface area contributed by atoms with Crippen molar-refractivity contribution >= 4 is 34.7 Å². The lowest BCUT2D eigenvalue weighted by molar-refractivity contribution is -0.145. The van der Waals surface area contributed by atoms with Gasteiger partial charge in [0, 0.05) is 47.9 Å². The van der Waals surface area contributed by atoms with Gasteiger partial charge in [0.2, 0.25) is 0 Å². The summed E-state index contributed by atoms with van der Waals surface area (Å²) in [5.41, 5.74) is 2.05. The molecule has 2 aliphatic carbocycles. The molecule has 2 aromatic rings. The molecular weight excluding hydrogens is 476 g/mol. The molecular formula is C29H35ClN2O4. The van der Waals surface area contributed by atoms with Crippen LogP contribution in [0.25, 0.3) is 0 Å². The van der Waals surface area contributed by atoms with Gasteiger partial charge in [0.1, 0.15) is 23.1 Å². The lowest BCUT2D eigenvalue weighted by atomic mass is 9.59. The van der Waals surface area contributed by atoms with Crippen molar-refractivity contribution in [1.29, 1.82) is 0 Å². The van der Waals surface area contributed by atoms with Crippen LogP contribution < -0.4 is 0 Å². The van der Waals surface area contributed by atoms with E-state index in [1.165, 1.54) is 0 Å². The zero-order valence-corrected chi connectivity index (χ0v) is 22.7. The quantitative estimate of drug-likeness (QED) is 0.500. The first-order valence-corrected chi connectivity index (χ1v) is 13.0. The van der Waals surface area contributed by atoms with E-state index in [2.05, 4.69) is 0 Å². The highest BCUT2D eigenvalue weighted by atomic mass is 35.5. The predicted molar refractivity (Wildman–Crippen MR) is 138 cm³/mol. The second kappa shape index (κ2) is 9.37. The van der Waals surface area contributed by atoms with E-state index in [9.17, 15) is 19.2 Å². The van der Waals surface area contributed by atoms with Gasteiger partial charge in [-0.05, 0) is 36.3 Å². The summed E-state index contributed by atoms with van der Waals surface area (Å²) in [6.07, 6.45) is 0.970. The molecule has 0 unspecified atom stereocenters. The van der Waals surface area contributed by atoms with Crippen LogP contribution in [0.5, 0.6) is 0 Å². The van der Waals surface area contributed by atoms with Crippen LogP contribution >= 0.6 is 11.6 Å². The number of benzene rings is 1. The average molecular weight is 511 g/mol. The highest BCUT2D eigenvalue weighted by Gasteiger charge is 2.53. The van der Waals surface area contributed by atoms with Crippen LogP contribution in [0.2, 0.25) is 5.02 Å². The fourth-order valence-electron chi connectivity index (χ4n) is 6.27. The Labute approximate surface area is 217 Å². The summed E-state index contributed by atoms with van der Waals surface area (Å²) < 4.78 is 1.79. The first-order chi connectivity index (χ1) is 16.7. The lowest BCUT2D eigenvalue weighted by Gasteiger charge is -2.41. The number of hydrogen-bond donors (Lipinski definition) is 0. The summed E-state index contributed by atoms with van der Waals surface area (Å²) in [4.78, 5) is 54.0. The van der Waals surface area contributed by atoms with E-state index >= 15 is 0 Å². The van der Waals surface area contributed by atoms with Crippen molar-refractivity contribution in [2.45, 2.75) is 79.7 Å². The van der Waals surface area contributed by atoms with Crippen LogP contribution in [0.3, 0.4) is 0 Å². The number of carbonyl (C=O) groups excluding carboxylic acids is 4. The van der Waals surface area contributed by atoms with Crippen LogP contribution in [0.4, 0.5) is 0 Å². The first-order valence-electron chi connectivity index (χ1n) is 12.6. The minimum absolute atomic E-state index is 0.190. The van der Waals surface area contributed by atoms with E-state index in [0.717, 1.165) is 11.3 Å². The normalized spacial score (nSPS) is 21.0. The molecule has 4 rings (SSSR count). The molecule has 2 saturated carbocycles. The minimum Gasteiger partial charge on any atom is -0.299 e. The molecule has 1 aromatic heterocycles. The number of nitrogens with zero attached hydrogens (tertiary/aromatic N) is 2. The molecule has 1 aromatic carbocycles. The molecule has 0 amide bonds. The predicted octanol–water partition coefficient (Wildman–Crippen LogP) is 5.43. The molecule has 192 valence electrons. The molecule has 0 radical (unpaired) electrons. The van der Waals surface area contributed by atoms with Crippen molar-refractivity contribution in [3.05, 3.63) is 51.8 Å². The molecule has 1 heterocycles. The zero-order valence-electron chi connectivity index (χ0n) is 22.0. The molecule has 0 aliphatic heterocycles. The zero-order chi connectivity index (χ0) is 26.6. The van der Waals surface area contributed by atoms with Crippen LogP contribution in [0.15, 0.2) is 24.3 Å². The summed E-state index contributed by atoms with van der Waals surface area (Å²) in [5, 5.41) is 5.34. The van der Waals surface area contributed by atoms with Gasteiger partial charge >= 0.3 is 0 Å². The van der Waals surface area contributed by atoms with E-state index in [1.807, 2.05) is 65.8 Å². The van der Waals surface area contributed by atoms with Crippen molar-refractivity contribution in [2.75, 3.05) is 0 Å². The maximum absolute atomic E-state index is 13.5. The average Bonchev–Trinajstić information content (AvgIpc) is 2.98. The molecule has 36 heavy (non-hydrogen) atoms. The second-order valence-electron chi connectivity index (χ2n) is 12.2. The Kier molecular flexibility index (Phi) is 6.89. The number of ketones is 4. The van der Waals surface area contributed by atoms with Crippen LogP contribution in [-0.2, 0) is 25.7 Å². The largest absolute Gasteiger partial charge is 0.299 e. The Morgan fingerprint density at radius 1 is 0.861 bits per heavy atom. The maximum Gasteiger partial charge on any atom is 0.144 e. The monoisotopic (exact) mass is 510 g/mol. The fraction of sp³-hybridized carbons (Fsp3) is 0.552. The number of aryl methyl sites for hydroxylation is 1. The molecule has 0 atom stereocenters. The molecule has 0 spiro atoms.